The minimum absolute atomic E-state index is 0.154. The average molecular weight is 444 g/mol. The van der Waals surface area contributed by atoms with Crippen LogP contribution in [0.4, 0.5) is 11.4 Å². The third-order valence-electron chi connectivity index (χ3n) is 5.20. The molecule has 30 heavy (non-hydrogen) atoms. The van der Waals surface area contributed by atoms with Crippen molar-refractivity contribution in [1.82, 2.24) is 9.55 Å². The maximum Gasteiger partial charge on any atom is 0.270 e. The number of nitrogen functional groups attached to an aromatic ring is 1. The molecule has 8 heteroatoms. The largest absolute Gasteiger partial charge is 0.399 e. The van der Waals surface area contributed by atoms with Gasteiger partial charge in [-0.1, -0.05) is 23.2 Å². The summed E-state index contributed by atoms with van der Waals surface area (Å²) in [6.45, 7) is 3.61. The van der Waals surface area contributed by atoms with Crippen molar-refractivity contribution in [3.63, 3.8) is 0 Å². The van der Waals surface area contributed by atoms with Gasteiger partial charge in [0.1, 0.15) is 22.3 Å². The molecule has 0 saturated carbocycles. The monoisotopic (exact) mass is 443 g/mol. The van der Waals surface area contributed by atoms with Crippen LogP contribution in [-0.4, -0.2) is 22.6 Å². The summed E-state index contributed by atoms with van der Waals surface area (Å²) >= 11 is 11.7. The summed E-state index contributed by atoms with van der Waals surface area (Å²) < 4.78 is 1.46. The average Bonchev–Trinajstić information content (AvgIpc) is 2.74. The van der Waals surface area contributed by atoms with Crippen LogP contribution in [0.25, 0.3) is 11.0 Å². The van der Waals surface area contributed by atoms with E-state index in [4.69, 9.17) is 28.9 Å². The van der Waals surface area contributed by atoms with Crippen molar-refractivity contribution in [2.75, 3.05) is 23.7 Å². The van der Waals surface area contributed by atoms with Crippen molar-refractivity contribution in [1.29, 1.82) is 5.26 Å². The molecule has 2 aromatic heterocycles. The fourth-order valence-corrected chi connectivity index (χ4v) is 3.91. The van der Waals surface area contributed by atoms with Crippen LogP contribution in [-0.2, 0) is 7.05 Å². The molecule has 0 atom stereocenters. The molecule has 1 fully saturated rings. The lowest BCUT2D eigenvalue weighted by molar-refractivity contribution is 0.578. The van der Waals surface area contributed by atoms with Crippen molar-refractivity contribution in [3.8, 4) is 6.07 Å². The molecule has 1 aliphatic rings. The Morgan fingerprint density at radius 3 is 2.43 bits per heavy atom. The van der Waals surface area contributed by atoms with Crippen molar-refractivity contribution in [2.45, 2.75) is 26.2 Å². The molecule has 0 amide bonds. The summed E-state index contributed by atoms with van der Waals surface area (Å²) in [7, 11) is 1.65. The fourth-order valence-electron chi connectivity index (χ4n) is 3.53. The number of nitriles is 1. The van der Waals surface area contributed by atoms with Gasteiger partial charge < -0.3 is 15.2 Å². The summed E-state index contributed by atoms with van der Waals surface area (Å²) in [6, 6.07) is 10.9. The van der Waals surface area contributed by atoms with Crippen molar-refractivity contribution < 1.29 is 0 Å². The lowest BCUT2D eigenvalue weighted by Gasteiger charge is -2.30. The van der Waals surface area contributed by atoms with Crippen molar-refractivity contribution >= 4 is 45.6 Å². The Morgan fingerprint density at radius 1 is 1.13 bits per heavy atom. The first-order valence-electron chi connectivity index (χ1n) is 9.69. The summed E-state index contributed by atoms with van der Waals surface area (Å²) in [6.07, 6.45) is 3.29. The van der Waals surface area contributed by atoms with Crippen molar-refractivity contribution in [3.05, 3.63) is 62.0 Å². The molecule has 4 rings (SSSR count). The fraction of sp³-hybridized carbons (Fsp3) is 0.318. The second kappa shape index (κ2) is 9.38. The number of hydrogen-bond donors (Lipinski definition) is 1. The molecular weight excluding hydrogens is 421 g/mol. The number of aryl methyl sites for hydroxylation is 2. The number of halogens is 2. The lowest BCUT2D eigenvalue weighted by Crippen LogP contribution is -2.33. The number of benzene rings is 1. The maximum atomic E-state index is 12.4. The molecule has 1 saturated heterocycles. The number of nitrogens with two attached hydrogens (primary N) is 1. The van der Waals surface area contributed by atoms with E-state index >= 15 is 0 Å². The van der Waals surface area contributed by atoms with Crippen LogP contribution in [0.3, 0.4) is 0 Å². The van der Waals surface area contributed by atoms with Gasteiger partial charge in [0.15, 0.2) is 0 Å². The minimum Gasteiger partial charge on any atom is -0.399 e. The topological polar surface area (TPSA) is 87.9 Å². The molecule has 0 aliphatic carbocycles. The highest BCUT2D eigenvalue weighted by atomic mass is 35.5. The predicted molar refractivity (Wildman–Crippen MR) is 123 cm³/mol. The van der Waals surface area contributed by atoms with Gasteiger partial charge >= 0.3 is 0 Å². The second-order valence-corrected chi connectivity index (χ2v) is 8.07. The van der Waals surface area contributed by atoms with Gasteiger partial charge in [0, 0.05) is 30.8 Å². The highest BCUT2D eigenvalue weighted by Gasteiger charge is 2.22. The Labute approximate surface area is 185 Å². The van der Waals surface area contributed by atoms with E-state index in [0.717, 1.165) is 42.2 Å². The van der Waals surface area contributed by atoms with E-state index in [1.165, 1.54) is 11.0 Å². The van der Waals surface area contributed by atoms with Gasteiger partial charge in [-0.3, -0.25) is 4.79 Å². The number of nitrogens with zero attached hydrogens (tertiary/aromatic N) is 4. The first-order valence-corrected chi connectivity index (χ1v) is 10.4. The smallest absolute Gasteiger partial charge is 0.270 e. The van der Waals surface area contributed by atoms with Gasteiger partial charge in [0.05, 0.1) is 11.2 Å². The Balaban J connectivity index is 0.000000239. The van der Waals surface area contributed by atoms with E-state index in [9.17, 15) is 10.1 Å². The van der Waals surface area contributed by atoms with Gasteiger partial charge in [-0.05, 0) is 62.1 Å². The van der Waals surface area contributed by atoms with E-state index in [-0.39, 0.29) is 11.1 Å². The molecular formula is C22H23Cl2N5O. The normalized spacial score (nSPS) is 13.5. The zero-order chi connectivity index (χ0) is 21.8. The minimum atomic E-state index is -0.283. The predicted octanol–water partition coefficient (Wildman–Crippen LogP) is 4.68. The van der Waals surface area contributed by atoms with Crippen LogP contribution in [0.5, 0.6) is 0 Å². The Bertz CT molecular complexity index is 1180. The summed E-state index contributed by atoms with van der Waals surface area (Å²) in [4.78, 5) is 18.9. The van der Waals surface area contributed by atoms with Crippen LogP contribution in [0.15, 0.2) is 35.1 Å². The Hall–Kier alpha value is -2.75. The van der Waals surface area contributed by atoms with Gasteiger partial charge in [-0.2, -0.15) is 5.26 Å². The molecule has 156 valence electrons. The molecule has 1 aliphatic heterocycles. The third-order valence-corrected chi connectivity index (χ3v) is 5.64. The Morgan fingerprint density at radius 2 is 1.83 bits per heavy atom. The molecule has 3 aromatic rings. The lowest BCUT2D eigenvalue weighted by atomic mass is 10.1. The van der Waals surface area contributed by atoms with E-state index in [0.29, 0.717) is 21.9 Å². The van der Waals surface area contributed by atoms with E-state index < -0.39 is 0 Å². The number of aromatic nitrogens is 2. The summed E-state index contributed by atoms with van der Waals surface area (Å²) in [5, 5.41) is 10.5. The van der Waals surface area contributed by atoms with Crippen molar-refractivity contribution in [2.24, 2.45) is 7.05 Å². The third kappa shape index (κ3) is 4.53. The van der Waals surface area contributed by atoms with Crippen LogP contribution in [0.2, 0.25) is 10.2 Å². The number of anilines is 2. The quantitative estimate of drug-likeness (QED) is 0.435. The number of piperidine rings is 1. The SMILES string of the molecule is Cc1cc(Cl)ccc1N.Cn1c(=O)c(C#N)c(N2CCCCC2)c2nc(Cl)ccc21. The second-order valence-electron chi connectivity index (χ2n) is 7.25. The molecule has 0 spiro atoms. The molecule has 0 bridgehead atoms. The summed E-state index contributed by atoms with van der Waals surface area (Å²) in [5.41, 5.74) is 9.19. The zero-order valence-corrected chi connectivity index (χ0v) is 18.5. The van der Waals surface area contributed by atoms with Crippen LogP contribution in [0.1, 0.15) is 30.4 Å². The first kappa shape index (κ1) is 21.9. The molecule has 0 radical (unpaired) electrons. The maximum absolute atomic E-state index is 12.4. The van der Waals surface area contributed by atoms with E-state index in [1.54, 1.807) is 31.3 Å². The standard InChI is InChI=1S/C15H15ClN4O.C7H8ClN/c1-19-11-5-6-12(16)18-13(11)14(10(9-17)15(19)21)20-7-3-2-4-8-20;1-5-4-6(8)2-3-7(5)9/h5-6H,2-4,7-8H2,1H3;2-4H,9H2,1H3. The summed E-state index contributed by atoms with van der Waals surface area (Å²) in [5.74, 6) is 0. The highest BCUT2D eigenvalue weighted by Crippen LogP contribution is 2.30. The van der Waals surface area contributed by atoms with Gasteiger partial charge in [-0.15, -0.1) is 0 Å². The van der Waals surface area contributed by atoms with Crippen LogP contribution >= 0.6 is 23.2 Å². The van der Waals surface area contributed by atoms with Crippen LogP contribution < -0.4 is 16.2 Å². The number of pyridine rings is 2. The van der Waals surface area contributed by atoms with Crippen LogP contribution in [0, 0.1) is 18.3 Å². The number of fused-ring (bicyclic) bond motifs is 1. The number of rotatable bonds is 1. The molecule has 3 heterocycles. The molecule has 2 N–H and O–H groups in total. The molecule has 1 aromatic carbocycles. The highest BCUT2D eigenvalue weighted by molar-refractivity contribution is 6.30. The van der Waals surface area contributed by atoms with Gasteiger partial charge in [-0.25, -0.2) is 4.98 Å². The Kier molecular flexibility index (Phi) is 6.86. The van der Waals surface area contributed by atoms with Gasteiger partial charge in [0.2, 0.25) is 0 Å². The molecule has 0 unspecified atom stereocenters. The first-order chi connectivity index (χ1) is 14.3. The van der Waals surface area contributed by atoms with E-state index in [2.05, 4.69) is 16.0 Å². The number of hydrogen-bond acceptors (Lipinski definition) is 5. The molecule has 6 nitrogen and oxygen atoms in total. The zero-order valence-electron chi connectivity index (χ0n) is 17.0. The van der Waals surface area contributed by atoms with Gasteiger partial charge in [0.25, 0.3) is 5.56 Å². The van der Waals surface area contributed by atoms with E-state index in [1.807, 2.05) is 13.0 Å².